The lowest BCUT2D eigenvalue weighted by molar-refractivity contribution is 0.0696. The van der Waals surface area contributed by atoms with Gasteiger partial charge in [-0.05, 0) is 25.0 Å². The molecule has 1 aliphatic carbocycles. The third kappa shape index (κ3) is 1.77. The zero-order valence-corrected chi connectivity index (χ0v) is 11.3. The average molecular weight is 286 g/mol. The summed E-state index contributed by atoms with van der Waals surface area (Å²) in [5.74, 6) is -1.01. The van der Waals surface area contributed by atoms with Gasteiger partial charge in [0, 0.05) is 18.5 Å². The monoisotopic (exact) mass is 285 g/mol. The molecule has 18 heavy (non-hydrogen) atoms. The number of carbonyl (C=O) groups is 1. The minimum Gasteiger partial charge on any atom is -0.478 e. The lowest BCUT2D eigenvalue weighted by Crippen LogP contribution is -2.60. The fraction of sp³-hybridized carbons (Fsp3) is 0.462. The molecule has 2 fully saturated rings. The molecule has 3 nitrogen and oxygen atoms in total. The number of nitrogens with zero attached hydrogens (tertiary/aromatic N) is 1. The molecule has 1 saturated heterocycles. The van der Waals surface area contributed by atoms with Crippen molar-refractivity contribution < 1.29 is 9.90 Å². The molecule has 0 radical (unpaired) electrons. The fourth-order valence-corrected chi connectivity index (χ4v) is 3.63. The van der Waals surface area contributed by atoms with Crippen LogP contribution in [0.2, 0.25) is 10.0 Å². The first kappa shape index (κ1) is 12.1. The summed E-state index contributed by atoms with van der Waals surface area (Å²) in [5, 5.41) is 9.78. The summed E-state index contributed by atoms with van der Waals surface area (Å²) in [6.45, 7) is 1.97. The Morgan fingerprint density at radius 2 is 1.78 bits per heavy atom. The first-order valence-electron chi connectivity index (χ1n) is 5.98. The first-order valence-corrected chi connectivity index (χ1v) is 6.74. The summed E-state index contributed by atoms with van der Waals surface area (Å²) in [5.41, 5.74) is 1.39. The highest BCUT2D eigenvalue weighted by Crippen LogP contribution is 2.51. The van der Waals surface area contributed by atoms with Gasteiger partial charge in [-0.25, -0.2) is 4.79 Å². The normalized spacial score (nSPS) is 20.4. The molecular weight excluding hydrogens is 273 g/mol. The van der Waals surface area contributed by atoms with E-state index in [4.69, 9.17) is 28.3 Å². The number of carboxylic acid groups (broad SMARTS) is 1. The standard InChI is InChI=1S/C13H13Cl2NO2/c14-9-4-8(12(17)18)5-10(15)11(9)16-6-13(7-16)2-1-3-13/h4-5H,1-3,6-7H2,(H,17,18). The maximum absolute atomic E-state index is 10.9. The van der Waals surface area contributed by atoms with Gasteiger partial charge in [0.1, 0.15) is 0 Å². The summed E-state index contributed by atoms with van der Waals surface area (Å²) in [6, 6.07) is 2.94. The average Bonchev–Trinajstić information content (AvgIpc) is 2.16. The molecule has 1 saturated carbocycles. The van der Waals surface area contributed by atoms with Crippen LogP contribution < -0.4 is 4.90 Å². The summed E-state index contributed by atoms with van der Waals surface area (Å²) in [7, 11) is 0. The molecule has 1 heterocycles. The van der Waals surface area contributed by atoms with E-state index in [-0.39, 0.29) is 5.56 Å². The lowest BCUT2D eigenvalue weighted by Gasteiger charge is -2.57. The number of benzene rings is 1. The first-order chi connectivity index (χ1) is 8.51. The fourth-order valence-electron chi connectivity index (χ4n) is 2.91. The van der Waals surface area contributed by atoms with E-state index in [1.807, 2.05) is 0 Å². The molecule has 3 rings (SSSR count). The summed E-state index contributed by atoms with van der Waals surface area (Å²) >= 11 is 12.3. The van der Waals surface area contributed by atoms with Gasteiger partial charge in [0.25, 0.3) is 0 Å². The highest BCUT2D eigenvalue weighted by atomic mass is 35.5. The van der Waals surface area contributed by atoms with Crippen molar-refractivity contribution in [3.8, 4) is 0 Å². The number of anilines is 1. The van der Waals surface area contributed by atoms with Gasteiger partial charge >= 0.3 is 5.97 Å². The van der Waals surface area contributed by atoms with E-state index < -0.39 is 5.97 Å². The number of rotatable bonds is 2. The van der Waals surface area contributed by atoms with Crippen LogP contribution in [0.5, 0.6) is 0 Å². The van der Waals surface area contributed by atoms with Crippen LogP contribution in [0.15, 0.2) is 12.1 Å². The minimum absolute atomic E-state index is 0.132. The van der Waals surface area contributed by atoms with Crippen LogP contribution >= 0.6 is 23.2 Å². The van der Waals surface area contributed by atoms with Gasteiger partial charge in [-0.2, -0.15) is 0 Å². The minimum atomic E-state index is -1.01. The Bertz CT molecular complexity index is 495. The third-order valence-electron chi connectivity index (χ3n) is 4.05. The molecular formula is C13H13Cl2NO2. The number of hydrogen-bond acceptors (Lipinski definition) is 2. The Kier molecular flexibility index (Phi) is 2.72. The van der Waals surface area contributed by atoms with Crippen molar-refractivity contribution in [1.82, 2.24) is 0 Å². The highest BCUT2D eigenvalue weighted by Gasteiger charge is 2.48. The van der Waals surface area contributed by atoms with Crippen LogP contribution in [0.25, 0.3) is 0 Å². The molecule has 1 N–H and O–H groups in total. The van der Waals surface area contributed by atoms with Crippen molar-refractivity contribution in [2.75, 3.05) is 18.0 Å². The molecule has 0 aromatic heterocycles. The van der Waals surface area contributed by atoms with E-state index >= 15 is 0 Å². The van der Waals surface area contributed by atoms with Crippen molar-refractivity contribution in [2.24, 2.45) is 5.41 Å². The van der Waals surface area contributed by atoms with Gasteiger partial charge in [-0.15, -0.1) is 0 Å². The lowest BCUT2D eigenvalue weighted by atomic mass is 9.63. The SMILES string of the molecule is O=C(O)c1cc(Cl)c(N2CC3(CCC3)C2)c(Cl)c1. The quantitative estimate of drug-likeness (QED) is 0.901. The zero-order chi connectivity index (χ0) is 12.9. The van der Waals surface area contributed by atoms with Crippen LogP contribution in [0.3, 0.4) is 0 Å². The molecule has 1 aliphatic heterocycles. The van der Waals surface area contributed by atoms with Crippen molar-refractivity contribution in [3.63, 3.8) is 0 Å². The molecule has 0 unspecified atom stereocenters. The second-order valence-electron chi connectivity index (χ2n) is 5.30. The predicted octanol–water partition coefficient (Wildman–Crippen LogP) is 3.68. The number of carboxylic acids is 1. The molecule has 0 bridgehead atoms. The Balaban J connectivity index is 1.87. The number of hydrogen-bond donors (Lipinski definition) is 1. The van der Waals surface area contributed by atoms with Crippen molar-refractivity contribution >= 4 is 34.9 Å². The van der Waals surface area contributed by atoms with Crippen LogP contribution in [0.1, 0.15) is 29.6 Å². The van der Waals surface area contributed by atoms with E-state index in [9.17, 15) is 4.79 Å². The molecule has 1 aromatic carbocycles. The Hall–Kier alpha value is -0.930. The molecule has 96 valence electrons. The Morgan fingerprint density at radius 1 is 1.22 bits per heavy atom. The van der Waals surface area contributed by atoms with Crippen LogP contribution in [0.4, 0.5) is 5.69 Å². The van der Waals surface area contributed by atoms with Gasteiger partial charge in [0.15, 0.2) is 0 Å². The Labute approximate surface area is 115 Å². The van der Waals surface area contributed by atoms with E-state index in [1.165, 1.54) is 31.4 Å². The van der Waals surface area contributed by atoms with Gasteiger partial charge < -0.3 is 10.0 Å². The summed E-state index contributed by atoms with van der Waals surface area (Å²) in [6.07, 6.45) is 3.88. The van der Waals surface area contributed by atoms with Gasteiger partial charge in [0.2, 0.25) is 0 Å². The van der Waals surface area contributed by atoms with Crippen molar-refractivity contribution in [1.29, 1.82) is 0 Å². The maximum Gasteiger partial charge on any atom is 0.335 e. The maximum atomic E-state index is 10.9. The van der Waals surface area contributed by atoms with Crippen molar-refractivity contribution in [3.05, 3.63) is 27.7 Å². The largest absolute Gasteiger partial charge is 0.478 e. The van der Waals surface area contributed by atoms with Crippen LogP contribution in [0, 0.1) is 5.41 Å². The van der Waals surface area contributed by atoms with E-state index in [0.717, 1.165) is 18.8 Å². The topological polar surface area (TPSA) is 40.5 Å². The number of aromatic carboxylic acids is 1. The van der Waals surface area contributed by atoms with Crippen LogP contribution in [-0.2, 0) is 0 Å². The highest BCUT2D eigenvalue weighted by molar-refractivity contribution is 6.39. The van der Waals surface area contributed by atoms with Gasteiger partial charge in [-0.3, -0.25) is 0 Å². The molecule has 5 heteroatoms. The van der Waals surface area contributed by atoms with Gasteiger partial charge in [-0.1, -0.05) is 29.6 Å². The predicted molar refractivity (Wildman–Crippen MR) is 71.9 cm³/mol. The zero-order valence-electron chi connectivity index (χ0n) is 9.75. The van der Waals surface area contributed by atoms with Crippen molar-refractivity contribution in [2.45, 2.75) is 19.3 Å². The molecule has 1 spiro atoms. The summed E-state index contributed by atoms with van der Waals surface area (Å²) < 4.78 is 0. The van der Waals surface area contributed by atoms with E-state index in [2.05, 4.69) is 4.90 Å². The third-order valence-corrected chi connectivity index (χ3v) is 4.62. The molecule has 0 atom stereocenters. The van der Waals surface area contributed by atoms with E-state index in [0.29, 0.717) is 15.5 Å². The summed E-state index contributed by atoms with van der Waals surface area (Å²) in [4.78, 5) is 13.0. The second-order valence-corrected chi connectivity index (χ2v) is 6.12. The molecule has 1 aromatic rings. The molecule has 2 aliphatic rings. The Morgan fingerprint density at radius 3 is 2.17 bits per heavy atom. The number of halogens is 2. The smallest absolute Gasteiger partial charge is 0.335 e. The molecule has 0 amide bonds. The second kappa shape index (κ2) is 4.04. The van der Waals surface area contributed by atoms with Gasteiger partial charge in [0.05, 0.1) is 21.3 Å². The van der Waals surface area contributed by atoms with Crippen LogP contribution in [-0.4, -0.2) is 24.2 Å². The van der Waals surface area contributed by atoms with E-state index in [1.54, 1.807) is 0 Å².